The van der Waals surface area contributed by atoms with E-state index < -0.39 is 151 Å². The molecule has 2 heterocycles. The summed E-state index contributed by atoms with van der Waals surface area (Å²) in [5, 5.41) is 41.5. The Morgan fingerprint density at radius 1 is 0.719 bits per heavy atom. The standard InChI is InChI=1S/C59H86N14O13S3/c1-5-72(46(35-88-89-49-23-13-15-28-63-49)56(83)65-38-19-10-7-11-20-38)59(86)43(31-37-17-8-6-9-18-37)70-54(81)44(34-75)66-48(77)32-64-51(78)41(24-25-47(62)76)69-57(84)50(36(2)3)71-53(80)42(26-30-87-4)67-52(79)40(21-12-14-27-60)68-55(82)45-22-16-29-73(45)58(85)39(61)33-74/h6-11,13,15,17-20,23,28,36,39-46,50,74-75H,5,12,14,16,21-22,24-27,29-35,60-61H2,1-4H3,(H2,62,76)(H,64,78)(H,65,83)(H,66,77)(H,67,79)(H,68,82)(H,69,84)(H,70,81)(H,71,80)/t39-,40-,41-,42-,43-,44-,45-,46-,50-/m0/s1. The van der Waals surface area contributed by atoms with Crippen molar-refractivity contribution in [2.24, 2.45) is 23.1 Å². The van der Waals surface area contributed by atoms with Crippen LogP contribution in [0.2, 0.25) is 0 Å². The summed E-state index contributed by atoms with van der Waals surface area (Å²) >= 11 is 1.37. The summed E-state index contributed by atoms with van der Waals surface area (Å²) in [5.41, 5.74) is 18.1. The molecule has 2 aromatic carbocycles. The van der Waals surface area contributed by atoms with Gasteiger partial charge in [-0.25, -0.2) is 4.98 Å². The predicted molar refractivity (Wildman–Crippen MR) is 340 cm³/mol. The molecule has 1 aliphatic heterocycles. The number of aliphatic hydroxyl groups is 2. The third-order valence-corrected chi connectivity index (χ3v) is 17.1. The molecule has 11 amide bonds. The summed E-state index contributed by atoms with van der Waals surface area (Å²) in [5.74, 6) is -8.70. The van der Waals surface area contributed by atoms with Crippen molar-refractivity contribution in [3.8, 4) is 0 Å². The molecule has 89 heavy (non-hydrogen) atoms. The molecule has 16 N–H and O–H groups in total. The van der Waals surface area contributed by atoms with Crippen LogP contribution in [0.3, 0.4) is 0 Å². The monoisotopic (exact) mass is 1290 g/mol. The van der Waals surface area contributed by atoms with Crippen LogP contribution in [0.1, 0.15) is 77.7 Å². The van der Waals surface area contributed by atoms with E-state index in [2.05, 4.69) is 47.5 Å². The van der Waals surface area contributed by atoms with Gasteiger partial charge < -0.3 is 79.7 Å². The van der Waals surface area contributed by atoms with Crippen molar-refractivity contribution in [1.82, 2.24) is 52.0 Å². The molecule has 1 aliphatic rings. The number of pyridine rings is 1. The molecule has 0 bridgehead atoms. The van der Waals surface area contributed by atoms with Gasteiger partial charge in [-0.15, -0.1) is 0 Å². The smallest absolute Gasteiger partial charge is 0.248 e. The van der Waals surface area contributed by atoms with E-state index in [-0.39, 0.29) is 50.9 Å². The van der Waals surface area contributed by atoms with Crippen LogP contribution in [0, 0.1) is 5.92 Å². The first-order chi connectivity index (χ1) is 42.7. The molecule has 488 valence electrons. The van der Waals surface area contributed by atoms with Gasteiger partial charge in [0.05, 0.1) is 19.8 Å². The van der Waals surface area contributed by atoms with Crippen LogP contribution in [0.25, 0.3) is 0 Å². The minimum absolute atomic E-state index is 0.0336. The lowest BCUT2D eigenvalue weighted by Gasteiger charge is -2.33. The Kier molecular flexibility index (Phi) is 33.0. The summed E-state index contributed by atoms with van der Waals surface area (Å²) < 4.78 is 0. The van der Waals surface area contributed by atoms with Crippen molar-refractivity contribution in [1.29, 1.82) is 0 Å². The fourth-order valence-corrected chi connectivity index (χ4v) is 12.0. The Balaban J connectivity index is 1.47. The van der Waals surface area contributed by atoms with Crippen molar-refractivity contribution in [3.63, 3.8) is 0 Å². The molecule has 1 saturated heterocycles. The van der Waals surface area contributed by atoms with Gasteiger partial charge >= 0.3 is 0 Å². The lowest BCUT2D eigenvalue weighted by atomic mass is 10.0. The summed E-state index contributed by atoms with van der Waals surface area (Å²) in [6.45, 7) is 3.05. The number of rotatable bonds is 39. The Hall–Kier alpha value is -7.35. The first kappa shape index (κ1) is 74.1. The van der Waals surface area contributed by atoms with Gasteiger partial charge in [-0.1, -0.05) is 79.2 Å². The van der Waals surface area contributed by atoms with E-state index in [4.69, 9.17) is 17.2 Å². The molecular weight excluding hydrogens is 1210 g/mol. The highest BCUT2D eigenvalue weighted by atomic mass is 33.1. The Morgan fingerprint density at radius 2 is 1.35 bits per heavy atom. The molecule has 1 aromatic heterocycles. The zero-order chi connectivity index (χ0) is 65.4. The first-order valence-electron chi connectivity index (χ1n) is 29.4. The lowest BCUT2D eigenvalue weighted by molar-refractivity contribution is -0.141. The van der Waals surface area contributed by atoms with Gasteiger partial charge in [0.2, 0.25) is 65.0 Å². The van der Waals surface area contributed by atoms with E-state index in [1.165, 1.54) is 43.1 Å². The van der Waals surface area contributed by atoms with Gasteiger partial charge in [-0.3, -0.25) is 52.7 Å². The van der Waals surface area contributed by atoms with Crippen LogP contribution in [0.5, 0.6) is 0 Å². The summed E-state index contributed by atoms with van der Waals surface area (Å²) in [4.78, 5) is 158. The SMILES string of the molecule is CCN(C(=O)[C@H](Cc1ccccc1)NC(=O)[C@H](CO)NC(=O)CNC(=O)[C@H](CCC(N)=O)NC(=O)[C@@H](NC(=O)[C@H](CCSC)NC(=O)[C@H](CCCCN)NC(=O)[C@@H]1CCCN1C(=O)[C@@H](N)CO)C(C)C)[C@@H](CSSc1ccccn1)C(=O)Nc1ccccc1. The number of likely N-dealkylation sites (tertiary alicyclic amines) is 1. The Labute approximate surface area is 530 Å². The van der Waals surface area contributed by atoms with Crippen molar-refractivity contribution in [2.75, 3.05) is 62.5 Å². The number of hydrogen-bond donors (Lipinski definition) is 13. The minimum Gasteiger partial charge on any atom is -0.394 e. The second kappa shape index (κ2) is 39.6. The summed E-state index contributed by atoms with van der Waals surface area (Å²) in [6.07, 6.45) is 4.47. The van der Waals surface area contributed by atoms with Gasteiger partial charge in [-0.05, 0) is 117 Å². The number of carbonyl (C=O) groups excluding carboxylic acids is 11. The minimum atomic E-state index is -1.67. The van der Waals surface area contributed by atoms with Gasteiger partial charge in [0.15, 0.2) is 0 Å². The molecule has 0 spiro atoms. The molecule has 0 saturated carbocycles. The molecule has 0 unspecified atom stereocenters. The van der Waals surface area contributed by atoms with E-state index >= 15 is 0 Å². The molecular formula is C59H86N14O13S3. The summed E-state index contributed by atoms with van der Waals surface area (Å²) in [7, 11) is 2.61. The molecule has 1 fully saturated rings. The summed E-state index contributed by atoms with van der Waals surface area (Å²) in [6, 6.07) is 11.3. The van der Waals surface area contributed by atoms with Crippen LogP contribution in [-0.4, -0.2) is 202 Å². The number of nitrogens with zero attached hydrogens (tertiary/aromatic N) is 3. The second-order valence-corrected chi connectivity index (χ2v) is 24.6. The number of nitrogens with one attached hydrogen (secondary N) is 8. The number of aromatic nitrogens is 1. The second-order valence-electron chi connectivity index (χ2n) is 21.3. The van der Waals surface area contributed by atoms with Crippen molar-refractivity contribution in [2.45, 2.75) is 138 Å². The lowest BCUT2D eigenvalue weighted by Crippen LogP contribution is -2.60. The highest BCUT2D eigenvalue weighted by molar-refractivity contribution is 8.76. The van der Waals surface area contributed by atoms with Crippen LogP contribution < -0.4 is 59.7 Å². The number of hydrogen-bond acceptors (Lipinski definition) is 19. The number of para-hydroxylation sites is 1. The van der Waals surface area contributed by atoms with Crippen LogP contribution >= 0.6 is 33.3 Å². The van der Waals surface area contributed by atoms with Crippen LogP contribution in [-0.2, 0) is 59.2 Å². The zero-order valence-corrected chi connectivity index (χ0v) is 53.0. The number of likely N-dealkylation sites (N-methyl/N-ethyl adjacent to an activating group) is 1. The number of nitrogens with two attached hydrogens (primary N) is 3. The molecule has 3 aromatic rings. The predicted octanol–water partition coefficient (Wildman–Crippen LogP) is -0.948. The molecule has 30 heteroatoms. The highest BCUT2D eigenvalue weighted by Crippen LogP contribution is 2.31. The third kappa shape index (κ3) is 24.9. The highest BCUT2D eigenvalue weighted by Gasteiger charge is 2.40. The molecule has 27 nitrogen and oxygen atoms in total. The van der Waals surface area contributed by atoms with Crippen LogP contribution in [0.15, 0.2) is 90.1 Å². The zero-order valence-electron chi connectivity index (χ0n) is 50.6. The quantitative estimate of drug-likeness (QED) is 0.0242. The van der Waals surface area contributed by atoms with E-state index in [0.717, 1.165) is 0 Å². The normalized spacial score (nSPS) is 15.5. The number of aliphatic hydroxyl groups excluding tert-OH is 2. The Morgan fingerprint density at radius 3 is 1.97 bits per heavy atom. The largest absolute Gasteiger partial charge is 0.394 e. The molecule has 9 atom stereocenters. The average molecular weight is 1300 g/mol. The van der Waals surface area contributed by atoms with Gasteiger partial charge in [0, 0.05) is 43.6 Å². The maximum absolute atomic E-state index is 14.8. The van der Waals surface area contributed by atoms with E-state index in [1.54, 1.807) is 106 Å². The topological polar surface area (TPSA) is 422 Å². The van der Waals surface area contributed by atoms with Gasteiger partial charge in [0.1, 0.15) is 59.4 Å². The fourth-order valence-electron chi connectivity index (χ4n) is 9.40. The van der Waals surface area contributed by atoms with Crippen LogP contribution in [0.4, 0.5) is 5.69 Å². The number of unbranched alkanes of at least 4 members (excludes halogenated alkanes) is 1. The number of primary amides is 1. The number of amides is 11. The maximum atomic E-state index is 14.8. The average Bonchev–Trinajstić information content (AvgIpc) is 2.55. The van der Waals surface area contributed by atoms with E-state index in [0.29, 0.717) is 47.8 Å². The van der Waals surface area contributed by atoms with Crippen molar-refractivity contribution < 1.29 is 63.0 Å². The number of anilines is 1. The number of benzene rings is 2. The number of carbonyl (C=O) groups is 11. The molecule has 0 aliphatic carbocycles. The van der Waals surface area contributed by atoms with Gasteiger partial charge in [-0.2, -0.15) is 11.8 Å². The van der Waals surface area contributed by atoms with Crippen molar-refractivity contribution in [3.05, 3.63) is 90.6 Å². The molecule has 0 radical (unpaired) electrons. The van der Waals surface area contributed by atoms with Crippen molar-refractivity contribution >= 4 is 104 Å². The first-order valence-corrected chi connectivity index (χ1v) is 33.1. The maximum Gasteiger partial charge on any atom is 0.248 e. The molecule has 4 rings (SSSR count). The van der Waals surface area contributed by atoms with Gasteiger partial charge in [0.25, 0.3) is 0 Å². The van der Waals surface area contributed by atoms with E-state index in [9.17, 15) is 63.0 Å². The van der Waals surface area contributed by atoms with E-state index in [1.807, 2.05) is 6.07 Å². The third-order valence-electron chi connectivity index (χ3n) is 14.2. The fraction of sp³-hybridized carbons (Fsp3) is 0.525. The Bertz CT molecular complexity index is 2800. The number of thioether (sulfide) groups is 1.